The number of sulfonamides is 1. The Hall–Kier alpha value is -1.63. The fourth-order valence-corrected chi connectivity index (χ4v) is 4.19. The van der Waals surface area contributed by atoms with E-state index in [1.54, 1.807) is 18.2 Å². The van der Waals surface area contributed by atoms with Gasteiger partial charge in [-0.05, 0) is 25.0 Å². The van der Waals surface area contributed by atoms with Crippen LogP contribution in [0.5, 0.6) is 5.75 Å². The van der Waals surface area contributed by atoms with Gasteiger partial charge in [0.05, 0.1) is 18.1 Å². The summed E-state index contributed by atoms with van der Waals surface area (Å²) in [4.78, 5) is 0.205. The molecule has 0 fully saturated rings. The molecule has 0 aromatic heterocycles. The predicted molar refractivity (Wildman–Crippen MR) is 100 cm³/mol. The van der Waals surface area contributed by atoms with Crippen LogP contribution in [0.2, 0.25) is 0 Å². The zero-order valence-electron chi connectivity index (χ0n) is 14.9. The number of ether oxygens (including phenoxy) is 1. The molecule has 0 aliphatic heterocycles. The molecule has 0 spiro atoms. The molecule has 138 valence electrons. The molecule has 0 aliphatic rings. The summed E-state index contributed by atoms with van der Waals surface area (Å²) in [6.45, 7) is 4.35. The smallest absolute Gasteiger partial charge is 0.241 e. The average molecular weight is 365 g/mol. The van der Waals surface area contributed by atoms with Gasteiger partial charge in [-0.1, -0.05) is 51.0 Å². The quantitative estimate of drug-likeness (QED) is 0.632. The summed E-state index contributed by atoms with van der Waals surface area (Å²) in [5.41, 5.74) is 0. The minimum atomic E-state index is -3.72. The summed E-state index contributed by atoms with van der Waals surface area (Å²) in [6.07, 6.45) is 3.72. The third kappa shape index (κ3) is 4.93. The van der Waals surface area contributed by atoms with Gasteiger partial charge in [0.15, 0.2) is 0 Å². The fourth-order valence-electron chi connectivity index (χ4n) is 2.67. The summed E-state index contributed by atoms with van der Waals surface area (Å²) in [5, 5.41) is 10.7. The molecule has 5 nitrogen and oxygen atoms in total. The SMILES string of the molecule is CCCCCOc1ccc(S(=O)(=O)NC(CC)CO)c2ccccc12. The van der Waals surface area contributed by atoms with Crippen molar-refractivity contribution in [3.63, 3.8) is 0 Å². The van der Waals surface area contributed by atoms with Crippen LogP contribution in [0.4, 0.5) is 0 Å². The summed E-state index contributed by atoms with van der Waals surface area (Å²) >= 11 is 0. The van der Waals surface area contributed by atoms with Crippen molar-refractivity contribution in [2.24, 2.45) is 0 Å². The maximum atomic E-state index is 12.7. The van der Waals surface area contributed by atoms with Crippen LogP contribution in [-0.2, 0) is 10.0 Å². The van der Waals surface area contributed by atoms with Gasteiger partial charge in [0, 0.05) is 16.8 Å². The van der Waals surface area contributed by atoms with E-state index in [0.717, 1.165) is 24.6 Å². The van der Waals surface area contributed by atoms with Crippen molar-refractivity contribution < 1.29 is 18.3 Å². The molecule has 2 aromatic rings. The predicted octanol–water partition coefficient (Wildman–Crippen LogP) is 3.46. The molecule has 2 aromatic carbocycles. The first kappa shape index (κ1) is 19.7. The van der Waals surface area contributed by atoms with Crippen LogP contribution in [0.1, 0.15) is 39.5 Å². The fraction of sp³-hybridized carbons (Fsp3) is 0.474. The highest BCUT2D eigenvalue weighted by Crippen LogP contribution is 2.31. The molecular weight excluding hydrogens is 338 g/mol. The number of aliphatic hydroxyl groups is 1. The van der Waals surface area contributed by atoms with Crippen LogP contribution in [0.15, 0.2) is 41.3 Å². The van der Waals surface area contributed by atoms with Crippen molar-refractivity contribution in [3.05, 3.63) is 36.4 Å². The third-order valence-corrected chi connectivity index (χ3v) is 5.75. The van der Waals surface area contributed by atoms with Crippen LogP contribution < -0.4 is 9.46 Å². The number of aliphatic hydroxyl groups excluding tert-OH is 1. The van der Waals surface area contributed by atoms with Gasteiger partial charge in [0.25, 0.3) is 0 Å². The number of hydrogen-bond donors (Lipinski definition) is 2. The lowest BCUT2D eigenvalue weighted by Crippen LogP contribution is -2.36. The Morgan fingerprint density at radius 3 is 2.44 bits per heavy atom. The number of hydrogen-bond acceptors (Lipinski definition) is 4. The molecule has 0 saturated carbocycles. The lowest BCUT2D eigenvalue weighted by Gasteiger charge is -2.17. The van der Waals surface area contributed by atoms with Gasteiger partial charge in [-0.15, -0.1) is 0 Å². The van der Waals surface area contributed by atoms with E-state index < -0.39 is 16.1 Å². The highest BCUT2D eigenvalue weighted by molar-refractivity contribution is 7.89. The number of benzene rings is 2. The Morgan fingerprint density at radius 1 is 1.08 bits per heavy atom. The van der Waals surface area contributed by atoms with Gasteiger partial charge in [0.2, 0.25) is 10.0 Å². The molecule has 0 radical (unpaired) electrons. The van der Waals surface area contributed by atoms with Gasteiger partial charge in [0.1, 0.15) is 5.75 Å². The standard InChI is InChI=1S/C19H27NO4S/c1-3-5-8-13-24-18-11-12-19(17-10-7-6-9-16(17)18)25(22,23)20-15(4-2)14-21/h6-7,9-12,15,20-21H,3-5,8,13-14H2,1-2H3. The zero-order chi connectivity index (χ0) is 18.3. The molecule has 0 aliphatic carbocycles. The molecule has 0 bridgehead atoms. The number of fused-ring (bicyclic) bond motifs is 1. The minimum Gasteiger partial charge on any atom is -0.493 e. The van der Waals surface area contributed by atoms with Crippen molar-refractivity contribution in [3.8, 4) is 5.75 Å². The van der Waals surface area contributed by atoms with Crippen LogP contribution in [0, 0.1) is 0 Å². The molecule has 6 heteroatoms. The van der Waals surface area contributed by atoms with E-state index in [-0.39, 0.29) is 11.5 Å². The second-order valence-corrected chi connectivity index (χ2v) is 7.75. The van der Waals surface area contributed by atoms with Gasteiger partial charge in [-0.25, -0.2) is 13.1 Å². The lowest BCUT2D eigenvalue weighted by molar-refractivity contribution is 0.254. The lowest BCUT2D eigenvalue weighted by atomic mass is 10.1. The molecule has 2 N–H and O–H groups in total. The number of unbranched alkanes of at least 4 members (excludes halogenated alkanes) is 2. The molecule has 0 heterocycles. The van der Waals surface area contributed by atoms with E-state index in [1.165, 1.54) is 0 Å². The third-order valence-electron chi connectivity index (χ3n) is 4.17. The monoisotopic (exact) mass is 365 g/mol. The summed E-state index contributed by atoms with van der Waals surface area (Å²) in [7, 11) is -3.72. The average Bonchev–Trinajstić information content (AvgIpc) is 2.63. The Balaban J connectivity index is 2.36. The maximum Gasteiger partial charge on any atom is 0.241 e. The second kappa shape index (κ2) is 9.17. The van der Waals surface area contributed by atoms with Gasteiger partial charge < -0.3 is 9.84 Å². The van der Waals surface area contributed by atoms with E-state index >= 15 is 0 Å². The van der Waals surface area contributed by atoms with Gasteiger partial charge >= 0.3 is 0 Å². The molecule has 2 rings (SSSR count). The molecule has 1 atom stereocenters. The molecular formula is C19H27NO4S. The Bertz CT molecular complexity index is 785. The van der Waals surface area contributed by atoms with Gasteiger partial charge in [-0.3, -0.25) is 0 Å². The van der Waals surface area contributed by atoms with Crippen LogP contribution in [0.3, 0.4) is 0 Å². The highest BCUT2D eigenvalue weighted by Gasteiger charge is 2.22. The minimum absolute atomic E-state index is 0.205. The van der Waals surface area contributed by atoms with E-state index in [4.69, 9.17) is 4.74 Å². The Labute approximate surface area is 150 Å². The number of rotatable bonds is 10. The molecule has 1 unspecified atom stereocenters. The molecule has 0 saturated heterocycles. The van der Waals surface area contributed by atoms with Crippen LogP contribution in [-0.4, -0.2) is 32.8 Å². The van der Waals surface area contributed by atoms with Crippen LogP contribution >= 0.6 is 0 Å². The zero-order valence-corrected chi connectivity index (χ0v) is 15.7. The summed E-state index contributed by atoms with van der Waals surface area (Å²) in [6, 6.07) is 10.1. The second-order valence-electron chi connectivity index (χ2n) is 6.07. The topological polar surface area (TPSA) is 75.6 Å². The van der Waals surface area contributed by atoms with Crippen molar-refractivity contribution in [2.75, 3.05) is 13.2 Å². The van der Waals surface area contributed by atoms with Crippen molar-refractivity contribution >= 4 is 20.8 Å². The normalized spacial score (nSPS) is 13.1. The van der Waals surface area contributed by atoms with E-state index in [2.05, 4.69) is 11.6 Å². The highest BCUT2D eigenvalue weighted by atomic mass is 32.2. The summed E-state index contributed by atoms with van der Waals surface area (Å²) in [5.74, 6) is 0.694. The Morgan fingerprint density at radius 2 is 1.80 bits per heavy atom. The van der Waals surface area contributed by atoms with Crippen LogP contribution in [0.25, 0.3) is 10.8 Å². The van der Waals surface area contributed by atoms with E-state index in [1.807, 2.05) is 25.1 Å². The first-order valence-electron chi connectivity index (χ1n) is 8.81. The van der Waals surface area contributed by atoms with Crippen molar-refractivity contribution in [1.29, 1.82) is 0 Å². The van der Waals surface area contributed by atoms with E-state index in [9.17, 15) is 13.5 Å². The molecule has 25 heavy (non-hydrogen) atoms. The number of nitrogens with one attached hydrogen (secondary N) is 1. The van der Waals surface area contributed by atoms with Crippen molar-refractivity contribution in [1.82, 2.24) is 4.72 Å². The largest absolute Gasteiger partial charge is 0.493 e. The summed E-state index contributed by atoms with van der Waals surface area (Å²) < 4.78 is 33.9. The maximum absolute atomic E-state index is 12.7. The van der Waals surface area contributed by atoms with E-state index in [0.29, 0.717) is 24.2 Å². The first-order chi connectivity index (χ1) is 12.0. The molecule has 0 amide bonds. The Kier molecular flexibility index (Phi) is 7.23. The van der Waals surface area contributed by atoms with Gasteiger partial charge in [-0.2, -0.15) is 0 Å². The first-order valence-corrected chi connectivity index (χ1v) is 10.3. The van der Waals surface area contributed by atoms with Crippen molar-refractivity contribution in [2.45, 2.75) is 50.5 Å².